The van der Waals surface area contributed by atoms with Crippen LogP contribution in [0.5, 0.6) is 0 Å². The summed E-state index contributed by atoms with van der Waals surface area (Å²) in [6, 6.07) is 25.5. The van der Waals surface area contributed by atoms with Crippen LogP contribution in [-0.2, 0) is 18.6 Å². The molecule has 4 aromatic heterocycles. The van der Waals surface area contributed by atoms with E-state index in [1.165, 1.54) is 0 Å². The number of hydrogen-bond donors (Lipinski definition) is 2. The summed E-state index contributed by atoms with van der Waals surface area (Å²) in [5, 5.41) is 11.8. The first-order valence-corrected chi connectivity index (χ1v) is 13.7. The zero-order chi connectivity index (χ0) is 28.6. The minimum absolute atomic E-state index is 0.383. The first kappa shape index (κ1) is 26.6. The lowest BCUT2D eigenvalue weighted by molar-refractivity contribution is 0.0736. The second kappa shape index (κ2) is 10.8. The predicted molar refractivity (Wildman–Crippen MR) is 163 cm³/mol. The van der Waals surface area contributed by atoms with Gasteiger partial charge in [-0.3, -0.25) is 9.97 Å². The number of fused-ring (bicyclic) bond motifs is 1. The summed E-state index contributed by atoms with van der Waals surface area (Å²) >= 11 is 6.66. The SMILES string of the molecule is CC(C)(O)c1cccc(Cn2ccc(Cc3nc(-c4cc(Cl)c5ncccc5c4)c(-c4ccccc4)nc3N)c2)n1. The Balaban J connectivity index is 1.36. The lowest BCUT2D eigenvalue weighted by atomic mass is 10.0. The molecule has 0 atom stereocenters. The van der Waals surface area contributed by atoms with Crippen LogP contribution >= 0.6 is 11.6 Å². The fraction of sp³-hybridized carbons (Fsp3) is 0.152. The number of nitrogens with two attached hydrogens (primary N) is 1. The van der Waals surface area contributed by atoms with Crippen LogP contribution in [0.1, 0.15) is 36.5 Å². The van der Waals surface area contributed by atoms with E-state index in [1.807, 2.05) is 85.1 Å². The highest BCUT2D eigenvalue weighted by Gasteiger charge is 2.19. The number of aliphatic hydroxyl groups is 1. The highest BCUT2D eigenvalue weighted by Crippen LogP contribution is 2.35. The first-order valence-electron chi connectivity index (χ1n) is 13.3. The van der Waals surface area contributed by atoms with Crippen molar-refractivity contribution in [3.05, 3.63) is 125 Å². The summed E-state index contributed by atoms with van der Waals surface area (Å²) in [6.45, 7) is 4.05. The Labute approximate surface area is 243 Å². The molecule has 2 aromatic carbocycles. The second-order valence-corrected chi connectivity index (χ2v) is 11.0. The van der Waals surface area contributed by atoms with Gasteiger partial charge in [-0.05, 0) is 55.8 Å². The van der Waals surface area contributed by atoms with Crippen molar-refractivity contribution in [3.63, 3.8) is 0 Å². The van der Waals surface area contributed by atoms with Crippen LogP contribution in [0, 0.1) is 0 Å². The Kier molecular flexibility index (Phi) is 6.99. The number of nitrogen functional groups attached to an aromatic ring is 1. The maximum absolute atomic E-state index is 10.3. The number of benzene rings is 2. The molecule has 0 aliphatic carbocycles. The molecule has 0 spiro atoms. The quantitative estimate of drug-likeness (QED) is 0.226. The predicted octanol–water partition coefficient (Wildman–Crippen LogP) is 6.66. The van der Waals surface area contributed by atoms with Crippen LogP contribution in [0.2, 0.25) is 5.02 Å². The molecule has 6 rings (SSSR count). The third kappa shape index (κ3) is 5.68. The summed E-state index contributed by atoms with van der Waals surface area (Å²) in [5.41, 5.74) is 12.7. The molecule has 0 fully saturated rings. The van der Waals surface area contributed by atoms with E-state index < -0.39 is 5.60 Å². The maximum atomic E-state index is 10.3. The molecule has 0 bridgehead atoms. The van der Waals surface area contributed by atoms with E-state index in [9.17, 15) is 5.11 Å². The average Bonchev–Trinajstić information content (AvgIpc) is 3.40. The summed E-state index contributed by atoms with van der Waals surface area (Å²) in [4.78, 5) is 19.0. The van der Waals surface area contributed by atoms with Crippen molar-refractivity contribution in [1.82, 2.24) is 24.5 Å². The Hall–Kier alpha value is -4.59. The summed E-state index contributed by atoms with van der Waals surface area (Å²) < 4.78 is 2.06. The second-order valence-electron chi connectivity index (χ2n) is 10.6. The van der Waals surface area contributed by atoms with Crippen LogP contribution < -0.4 is 5.73 Å². The van der Waals surface area contributed by atoms with Crippen LogP contribution in [0.3, 0.4) is 0 Å². The Bertz CT molecular complexity index is 1860. The standard InChI is InChI=1S/C33H29ClN6O/c1-33(2,41)28-12-6-11-25(37-28)20-40-15-13-21(19-40)16-27-32(35)39-30(22-8-4-3-5-9-22)31(38-27)24-17-23-10-7-14-36-29(23)26(34)18-24/h3-15,17-19,41H,16,20H2,1-2H3,(H2,35,39). The third-order valence-corrected chi connectivity index (χ3v) is 7.23. The zero-order valence-electron chi connectivity index (χ0n) is 22.8. The van der Waals surface area contributed by atoms with Gasteiger partial charge in [-0.2, -0.15) is 0 Å². The van der Waals surface area contributed by atoms with E-state index in [0.29, 0.717) is 46.6 Å². The average molecular weight is 561 g/mol. The van der Waals surface area contributed by atoms with E-state index >= 15 is 0 Å². The molecule has 0 aliphatic heterocycles. The molecule has 204 valence electrons. The van der Waals surface area contributed by atoms with Crippen molar-refractivity contribution < 1.29 is 5.11 Å². The summed E-state index contributed by atoms with van der Waals surface area (Å²) in [7, 11) is 0. The smallest absolute Gasteiger partial charge is 0.146 e. The molecule has 0 aliphatic rings. The molecule has 0 amide bonds. The minimum atomic E-state index is -0.997. The monoisotopic (exact) mass is 560 g/mol. The van der Waals surface area contributed by atoms with Gasteiger partial charge in [0.2, 0.25) is 0 Å². The van der Waals surface area contributed by atoms with Gasteiger partial charge in [-0.15, -0.1) is 0 Å². The van der Waals surface area contributed by atoms with Crippen molar-refractivity contribution in [3.8, 4) is 22.5 Å². The van der Waals surface area contributed by atoms with E-state index in [-0.39, 0.29) is 0 Å². The van der Waals surface area contributed by atoms with Crippen molar-refractivity contribution in [2.45, 2.75) is 32.4 Å². The van der Waals surface area contributed by atoms with Gasteiger partial charge in [0.05, 0.1) is 45.6 Å². The van der Waals surface area contributed by atoms with Crippen LogP contribution in [0.15, 0.2) is 97.5 Å². The van der Waals surface area contributed by atoms with E-state index in [4.69, 9.17) is 27.3 Å². The fourth-order valence-electron chi connectivity index (χ4n) is 4.88. The number of anilines is 1. The number of nitrogens with zero attached hydrogens (tertiary/aromatic N) is 5. The number of hydrogen-bond acceptors (Lipinski definition) is 6. The number of pyridine rings is 2. The highest BCUT2D eigenvalue weighted by molar-refractivity contribution is 6.35. The molecule has 3 N–H and O–H groups in total. The topological polar surface area (TPSA) is 103 Å². The molecule has 0 saturated carbocycles. The van der Waals surface area contributed by atoms with Gasteiger partial charge >= 0.3 is 0 Å². The van der Waals surface area contributed by atoms with Gasteiger partial charge in [0.15, 0.2) is 0 Å². The van der Waals surface area contributed by atoms with Crippen LogP contribution in [0.4, 0.5) is 5.82 Å². The normalized spacial score (nSPS) is 11.7. The van der Waals surface area contributed by atoms with Gasteiger partial charge in [-0.1, -0.05) is 54.1 Å². The minimum Gasteiger partial charge on any atom is -0.384 e. The Morgan fingerprint density at radius 1 is 0.878 bits per heavy atom. The molecule has 8 heteroatoms. The molecule has 41 heavy (non-hydrogen) atoms. The number of aromatic nitrogens is 5. The zero-order valence-corrected chi connectivity index (χ0v) is 23.5. The molecule has 0 saturated heterocycles. The highest BCUT2D eigenvalue weighted by atomic mass is 35.5. The molecule has 0 radical (unpaired) electrons. The molecular weight excluding hydrogens is 532 g/mol. The van der Waals surface area contributed by atoms with Gasteiger partial charge < -0.3 is 15.4 Å². The van der Waals surface area contributed by atoms with Crippen LogP contribution in [0.25, 0.3) is 33.4 Å². The van der Waals surface area contributed by atoms with Crippen LogP contribution in [-0.4, -0.2) is 29.6 Å². The van der Waals surface area contributed by atoms with E-state index in [1.54, 1.807) is 20.0 Å². The van der Waals surface area contributed by atoms with Crippen molar-refractivity contribution in [2.75, 3.05) is 5.73 Å². The van der Waals surface area contributed by atoms with E-state index in [0.717, 1.165) is 33.3 Å². The van der Waals surface area contributed by atoms with Gasteiger partial charge in [0.25, 0.3) is 0 Å². The molecule has 0 unspecified atom stereocenters. The largest absolute Gasteiger partial charge is 0.384 e. The fourth-order valence-corrected chi connectivity index (χ4v) is 5.15. The molecule has 4 heterocycles. The number of halogens is 1. The molecular formula is C33H29ClN6O. The molecule has 6 aromatic rings. The lowest BCUT2D eigenvalue weighted by Gasteiger charge is -2.17. The van der Waals surface area contributed by atoms with Crippen molar-refractivity contribution in [1.29, 1.82) is 0 Å². The first-order chi connectivity index (χ1) is 19.7. The Morgan fingerprint density at radius 2 is 1.68 bits per heavy atom. The van der Waals surface area contributed by atoms with Gasteiger partial charge in [-0.25, -0.2) is 9.97 Å². The third-order valence-electron chi connectivity index (χ3n) is 6.94. The number of rotatable bonds is 7. The van der Waals surface area contributed by atoms with Crippen molar-refractivity contribution >= 4 is 28.3 Å². The summed E-state index contributed by atoms with van der Waals surface area (Å²) in [5.74, 6) is 0.383. The lowest BCUT2D eigenvalue weighted by Crippen LogP contribution is -2.18. The Morgan fingerprint density at radius 3 is 2.49 bits per heavy atom. The van der Waals surface area contributed by atoms with Gasteiger partial charge in [0.1, 0.15) is 11.4 Å². The van der Waals surface area contributed by atoms with Gasteiger partial charge in [0, 0.05) is 41.5 Å². The maximum Gasteiger partial charge on any atom is 0.146 e. The molecule has 7 nitrogen and oxygen atoms in total. The van der Waals surface area contributed by atoms with E-state index in [2.05, 4.69) is 20.7 Å². The summed E-state index contributed by atoms with van der Waals surface area (Å²) in [6.07, 6.45) is 6.31. The van der Waals surface area contributed by atoms with Crippen molar-refractivity contribution in [2.24, 2.45) is 0 Å².